The molecule has 0 aromatic carbocycles. The zero-order chi connectivity index (χ0) is 14.1. The van der Waals surface area contributed by atoms with Gasteiger partial charge in [-0.3, -0.25) is 9.59 Å². The molecule has 104 valence electrons. The smallest absolute Gasteiger partial charge is 0.322 e. The molecule has 0 aromatic heterocycles. The molecule has 1 atom stereocenters. The maximum atomic E-state index is 11.4. The van der Waals surface area contributed by atoms with Crippen molar-refractivity contribution in [2.24, 2.45) is 5.92 Å². The summed E-state index contributed by atoms with van der Waals surface area (Å²) in [6, 6.07) is -0.416. The molecule has 0 saturated carbocycles. The average Bonchev–Trinajstić information content (AvgIpc) is 2.22. The Kier molecular flexibility index (Phi) is 7.50. The standard InChI is InChI=1S/C11H21N3O4/c1-7(2)4-8(3)14-11(18)13-5-9(15)12-6-10(16)17/h7-8H,4-6H2,1-3H3,(H,12,15)(H,16,17)(H2,13,14,18). The molecule has 0 aliphatic heterocycles. The molecule has 3 amide bonds. The molecule has 4 N–H and O–H groups in total. The minimum absolute atomic E-state index is 0.0204. The van der Waals surface area contributed by atoms with Gasteiger partial charge in [0.25, 0.3) is 0 Å². The van der Waals surface area contributed by atoms with Gasteiger partial charge in [0.15, 0.2) is 0 Å². The van der Waals surface area contributed by atoms with Crippen LogP contribution in [0.3, 0.4) is 0 Å². The molecule has 0 aliphatic carbocycles. The molecule has 0 bridgehead atoms. The Hall–Kier alpha value is -1.79. The SMILES string of the molecule is CC(C)CC(C)NC(=O)NCC(=O)NCC(=O)O. The van der Waals surface area contributed by atoms with Crippen LogP contribution in [0.15, 0.2) is 0 Å². The number of rotatable bonds is 7. The molecule has 0 heterocycles. The molecule has 0 rings (SSSR count). The van der Waals surface area contributed by atoms with Crippen LogP contribution in [0.1, 0.15) is 27.2 Å². The molecule has 1 unspecified atom stereocenters. The molecule has 0 aromatic rings. The highest BCUT2D eigenvalue weighted by Crippen LogP contribution is 2.03. The van der Waals surface area contributed by atoms with E-state index in [1.165, 1.54) is 0 Å². The van der Waals surface area contributed by atoms with E-state index in [1.54, 1.807) is 0 Å². The van der Waals surface area contributed by atoms with Gasteiger partial charge in [0.05, 0.1) is 6.54 Å². The third-order valence-corrected chi connectivity index (χ3v) is 2.05. The topological polar surface area (TPSA) is 108 Å². The maximum Gasteiger partial charge on any atom is 0.322 e. The maximum absolute atomic E-state index is 11.4. The van der Waals surface area contributed by atoms with Crippen molar-refractivity contribution < 1.29 is 19.5 Å². The van der Waals surface area contributed by atoms with Gasteiger partial charge < -0.3 is 21.1 Å². The number of hydrogen-bond donors (Lipinski definition) is 4. The van der Waals surface area contributed by atoms with Crippen LogP contribution in [0, 0.1) is 5.92 Å². The van der Waals surface area contributed by atoms with E-state index < -0.39 is 24.5 Å². The first-order chi connectivity index (χ1) is 8.31. The molecule has 7 nitrogen and oxygen atoms in total. The molecule has 0 aliphatic rings. The van der Waals surface area contributed by atoms with Crippen molar-refractivity contribution in [1.29, 1.82) is 0 Å². The van der Waals surface area contributed by atoms with E-state index >= 15 is 0 Å². The van der Waals surface area contributed by atoms with Gasteiger partial charge >= 0.3 is 12.0 Å². The van der Waals surface area contributed by atoms with E-state index in [4.69, 9.17) is 5.11 Å². The summed E-state index contributed by atoms with van der Waals surface area (Å²) in [6.45, 7) is 5.29. The van der Waals surface area contributed by atoms with Crippen molar-refractivity contribution in [3.05, 3.63) is 0 Å². The lowest BCUT2D eigenvalue weighted by Gasteiger charge is -2.16. The van der Waals surface area contributed by atoms with Crippen molar-refractivity contribution in [3.63, 3.8) is 0 Å². The van der Waals surface area contributed by atoms with E-state index in [9.17, 15) is 14.4 Å². The Labute approximate surface area is 106 Å². The fourth-order valence-electron chi connectivity index (χ4n) is 1.44. The number of urea groups is 1. The Balaban J connectivity index is 3.76. The highest BCUT2D eigenvalue weighted by molar-refractivity contribution is 5.86. The monoisotopic (exact) mass is 259 g/mol. The number of aliphatic carboxylic acids is 1. The third-order valence-electron chi connectivity index (χ3n) is 2.05. The second-order valence-corrected chi connectivity index (χ2v) is 4.53. The van der Waals surface area contributed by atoms with E-state index in [2.05, 4.69) is 29.8 Å². The van der Waals surface area contributed by atoms with Crippen LogP contribution in [-0.2, 0) is 9.59 Å². The van der Waals surface area contributed by atoms with Crippen LogP contribution < -0.4 is 16.0 Å². The van der Waals surface area contributed by atoms with Crippen LogP contribution in [-0.4, -0.2) is 42.1 Å². The summed E-state index contributed by atoms with van der Waals surface area (Å²) >= 11 is 0. The van der Waals surface area contributed by atoms with Crippen molar-refractivity contribution >= 4 is 17.9 Å². The van der Waals surface area contributed by atoms with Crippen molar-refractivity contribution in [2.45, 2.75) is 33.2 Å². The fraction of sp³-hybridized carbons (Fsp3) is 0.727. The van der Waals surface area contributed by atoms with Gasteiger partial charge in [-0.15, -0.1) is 0 Å². The highest BCUT2D eigenvalue weighted by Gasteiger charge is 2.10. The Bertz CT molecular complexity index is 305. The van der Waals surface area contributed by atoms with Gasteiger partial charge in [0, 0.05) is 6.04 Å². The summed E-state index contributed by atoms with van der Waals surface area (Å²) in [5.74, 6) is -1.19. The fourth-order valence-corrected chi connectivity index (χ4v) is 1.44. The van der Waals surface area contributed by atoms with Crippen LogP contribution in [0.5, 0.6) is 0 Å². The second kappa shape index (κ2) is 8.32. The first kappa shape index (κ1) is 16.2. The lowest BCUT2D eigenvalue weighted by atomic mass is 10.1. The molecule has 7 heteroatoms. The van der Waals surface area contributed by atoms with E-state index in [0.29, 0.717) is 5.92 Å². The predicted molar refractivity (Wildman–Crippen MR) is 66.1 cm³/mol. The number of nitrogens with one attached hydrogen (secondary N) is 3. The molecular weight excluding hydrogens is 238 g/mol. The minimum Gasteiger partial charge on any atom is -0.480 e. The molecule has 0 saturated heterocycles. The average molecular weight is 259 g/mol. The number of carboxylic acid groups (broad SMARTS) is 1. The summed E-state index contributed by atoms with van der Waals surface area (Å²) < 4.78 is 0. The van der Waals surface area contributed by atoms with Gasteiger partial charge in [0.1, 0.15) is 6.54 Å². The van der Waals surface area contributed by atoms with Gasteiger partial charge in [0.2, 0.25) is 5.91 Å². The third kappa shape index (κ3) is 9.44. The van der Waals surface area contributed by atoms with E-state index in [1.807, 2.05) is 6.92 Å². The predicted octanol–water partition coefficient (Wildman–Crippen LogP) is -0.0790. The van der Waals surface area contributed by atoms with E-state index in [-0.39, 0.29) is 12.6 Å². The number of carbonyl (C=O) groups is 3. The van der Waals surface area contributed by atoms with Crippen LogP contribution in [0.2, 0.25) is 0 Å². The van der Waals surface area contributed by atoms with Crippen LogP contribution in [0.4, 0.5) is 4.79 Å². The number of hydrogen-bond acceptors (Lipinski definition) is 3. The zero-order valence-electron chi connectivity index (χ0n) is 10.9. The Morgan fingerprint density at radius 1 is 1.06 bits per heavy atom. The quantitative estimate of drug-likeness (QED) is 0.513. The second-order valence-electron chi connectivity index (χ2n) is 4.53. The lowest BCUT2D eigenvalue weighted by molar-refractivity contribution is -0.137. The van der Waals surface area contributed by atoms with Crippen molar-refractivity contribution in [1.82, 2.24) is 16.0 Å². The van der Waals surface area contributed by atoms with Gasteiger partial charge in [-0.2, -0.15) is 0 Å². The summed E-state index contributed by atoms with van der Waals surface area (Å²) in [4.78, 5) is 32.6. The van der Waals surface area contributed by atoms with Crippen molar-refractivity contribution in [3.8, 4) is 0 Å². The van der Waals surface area contributed by atoms with Gasteiger partial charge in [-0.05, 0) is 19.3 Å². The first-order valence-corrected chi connectivity index (χ1v) is 5.84. The van der Waals surface area contributed by atoms with Crippen molar-refractivity contribution in [2.75, 3.05) is 13.1 Å². The normalized spacial score (nSPS) is 11.8. The molecular formula is C11H21N3O4. The summed E-state index contributed by atoms with van der Waals surface area (Å²) in [7, 11) is 0. The number of carboxylic acids is 1. The summed E-state index contributed by atoms with van der Waals surface area (Å²) in [6.07, 6.45) is 0.846. The molecule has 0 radical (unpaired) electrons. The lowest BCUT2D eigenvalue weighted by Crippen LogP contribution is -2.45. The Morgan fingerprint density at radius 3 is 2.17 bits per heavy atom. The zero-order valence-corrected chi connectivity index (χ0v) is 10.9. The van der Waals surface area contributed by atoms with Crippen LogP contribution >= 0.6 is 0 Å². The molecule has 0 spiro atoms. The minimum atomic E-state index is -1.13. The summed E-state index contributed by atoms with van der Waals surface area (Å²) in [5, 5.41) is 15.5. The highest BCUT2D eigenvalue weighted by atomic mass is 16.4. The van der Waals surface area contributed by atoms with Crippen LogP contribution in [0.25, 0.3) is 0 Å². The van der Waals surface area contributed by atoms with Gasteiger partial charge in [-0.1, -0.05) is 13.8 Å². The number of carbonyl (C=O) groups excluding carboxylic acids is 2. The molecule has 18 heavy (non-hydrogen) atoms. The molecule has 0 fully saturated rings. The largest absolute Gasteiger partial charge is 0.480 e. The van der Waals surface area contributed by atoms with E-state index in [0.717, 1.165) is 6.42 Å². The van der Waals surface area contributed by atoms with Gasteiger partial charge in [-0.25, -0.2) is 4.79 Å². The number of amides is 3. The first-order valence-electron chi connectivity index (χ1n) is 5.84. The summed E-state index contributed by atoms with van der Waals surface area (Å²) in [5.41, 5.74) is 0. The Morgan fingerprint density at radius 2 is 1.67 bits per heavy atom.